The molecule has 21 heavy (non-hydrogen) atoms. The van der Waals surface area contributed by atoms with Crippen molar-refractivity contribution in [1.82, 2.24) is 10.3 Å². The first-order chi connectivity index (χ1) is 9.74. The van der Waals surface area contributed by atoms with Crippen molar-refractivity contribution >= 4 is 17.3 Å². The summed E-state index contributed by atoms with van der Waals surface area (Å²) in [5.41, 5.74) is 4.76. The Balaban J connectivity index is 2.57. The maximum Gasteiger partial charge on any atom is 0.433 e. The maximum atomic E-state index is 12.5. The van der Waals surface area contributed by atoms with Crippen molar-refractivity contribution in [3.8, 4) is 0 Å². The van der Waals surface area contributed by atoms with Crippen molar-refractivity contribution in [2.75, 3.05) is 17.6 Å². The zero-order valence-corrected chi connectivity index (χ0v) is 11.9. The smallest absolute Gasteiger partial charge is 0.396 e. The van der Waals surface area contributed by atoms with E-state index in [1.807, 2.05) is 13.8 Å². The van der Waals surface area contributed by atoms with E-state index in [0.717, 1.165) is 18.7 Å². The van der Waals surface area contributed by atoms with Crippen LogP contribution in [-0.4, -0.2) is 23.5 Å². The van der Waals surface area contributed by atoms with Crippen molar-refractivity contribution in [3.63, 3.8) is 0 Å². The zero-order valence-electron chi connectivity index (χ0n) is 11.9. The molecule has 0 fully saturated rings. The third kappa shape index (κ3) is 5.49. The molecule has 0 aliphatic heterocycles. The van der Waals surface area contributed by atoms with Gasteiger partial charge in [0.25, 0.3) is 0 Å². The van der Waals surface area contributed by atoms with Crippen molar-refractivity contribution in [1.29, 1.82) is 0 Å². The fourth-order valence-corrected chi connectivity index (χ4v) is 1.53. The molecule has 0 aliphatic rings. The number of halogens is 3. The highest BCUT2D eigenvalue weighted by atomic mass is 19.4. The first kappa shape index (κ1) is 17.1. The van der Waals surface area contributed by atoms with Gasteiger partial charge in [-0.25, -0.2) is 4.98 Å². The van der Waals surface area contributed by atoms with Gasteiger partial charge in [-0.15, -0.1) is 0 Å². The Hall–Kier alpha value is -1.99. The van der Waals surface area contributed by atoms with Crippen LogP contribution in [0.4, 0.5) is 24.5 Å². The molecule has 1 aromatic rings. The molecule has 0 saturated heterocycles. The number of hydrogen-bond acceptors (Lipinski definition) is 4. The van der Waals surface area contributed by atoms with E-state index in [1.54, 1.807) is 0 Å². The van der Waals surface area contributed by atoms with Crippen LogP contribution in [0.5, 0.6) is 0 Å². The number of nitrogens with zero attached hydrogens (tertiary/aromatic N) is 1. The second-order valence-electron chi connectivity index (χ2n) is 4.71. The van der Waals surface area contributed by atoms with Gasteiger partial charge in [0.1, 0.15) is 5.69 Å². The Bertz CT molecular complexity index is 491. The van der Waals surface area contributed by atoms with Gasteiger partial charge < -0.3 is 16.4 Å². The van der Waals surface area contributed by atoms with Gasteiger partial charge in [0.05, 0.1) is 17.6 Å². The number of carbonyl (C=O) groups excluding carboxylic acids is 1. The molecule has 1 unspecified atom stereocenters. The molecule has 1 atom stereocenters. The Kier molecular flexibility index (Phi) is 5.80. The van der Waals surface area contributed by atoms with Crippen LogP contribution in [0.15, 0.2) is 12.3 Å². The summed E-state index contributed by atoms with van der Waals surface area (Å²) in [5, 5.41) is 5.49. The lowest BCUT2D eigenvalue weighted by Crippen LogP contribution is -2.33. The first-order valence-electron chi connectivity index (χ1n) is 6.60. The minimum Gasteiger partial charge on any atom is -0.396 e. The predicted octanol–water partition coefficient (Wildman–Crippen LogP) is 2.40. The normalized spacial score (nSPS) is 12.8. The van der Waals surface area contributed by atoms with Crippen molar-refractivity contribution in [2.45, 2.75) is 38.9 Å². The predicted molar refractivity (Wildman–Crippen MR) is 74.7 cm³/mol. The number of nitrogen functional groups attached to an aromatic ring is 1. The highest BCUT2D eigenvalue weighted by Crippen LogP contribution is 2.30. The lowest BCUT2D eigenvalue weighted by molar-refractivity contribution is -0.141. The number of hydrogen-bond donors (Lipinski definition) is 3. The first-order valence-corrected chi connectivity index (χ1v) is 6.60. The number of rotatable bonds is 6. The number of nitrogens with two attached hydrogens (primary N) is 1. The summed E-state index contributed by atoms with van der Waals surface area (Å²) in [6.45, 7) is 4.01. The molecule has 1 rings (SSSR count). The molecule has 1 aromatic heterocycles. The van der Waals surface area contributed by atoms with Gasteiger partial charge in [-0.3, -0.25) is 4.79 Å². The number of anilines is 2. The lowest BCUT2D eigenvalue weighted by Gasteiger charge is -2.14. The van der Waals surface area contributed by atoms with Crippen LogP contribution < -0.4 is 16.4 Å². The highest BCUT2D eigenvalue weighted by Gasteiger charge is 2.32. The molecule has 0 bridgehead atoms. The molecule has 0 aliphatic carbocycles. The van der Waals surface area contributed by atoms with Crippen molar-refractivity contribution < 1.29 is 18.0 Å². The third-order valence-corrected chi connectivity index (χ3v) is 2.91. The second kappa shape index (κ2) is 7.14. The minimum absolute atomic E-state index is 0.0697. The van der Waals surface area contributed by atoms with E-state index in [2.05, 4.69) is 15.6 Å². The lowest BCUT2D eigenvalue weighted by atomic mass is 10.2. The second-order valence-corrected chi connectivity index (χ2v) is 4.71. The number of carbonyl (C=O) groups is 1. The van der Waals surface area contributed by atoms with Crippen LogP contribution in [0, 0.1) is 0 Å². The van der Waals surface area contributed by atoms with Gasteiger partial charge >= 0.3 is 6.18 Å². The highest BCUT2D eigenvalue weighted by molar-refractivity contribution is 5.77. The van der Waals surface area contributed by atoms with Crippen LogP contribution in [-0.2, 0) is 11.0 Å². The summed E-state index contributed by atoms with van der Waals surface area (Å²) >= 11 is 0. The van der Waals surface area contributed by atoms with Gasteiger partial charge in [-0.2, -0.15) is 13.2 Å². The van der Waals surface area contributed by atoms with E-state index >= 15 is 0 Å². The average Bonchev–Trinajstić information content (AvgIpc) is 2.39. The zero-order chi connectivity index (χ0) is 16.0. The summed E-state index contributed by atoms with van der Waals surface area (Å²) in [6.07, 6.45) is -2.62. The molecule has 4 N–H and O–H groups in total. The molecule has 118 valence electrons. The van der Waals surface area contributed by atoms with Gasteiger partial charge in [0.15, 0.2) is 0 Å². The monoisotopic (exact) mass is 304 g/mol. The maximum absolute atomic E-state index is 12.5. The fourth-order valence-electron chi connectivity index (χ4n) is 1.53. The summed E-state index contributed by atoms with van der Waals surface area (Å²) in [5.74, 6) is -0.166. The number of aromatic nitrogens is 1. The molecule has 1 heterocycles. The van der Waals surface area contributed by atoms with Gasteiger partial charge in [-0.05, 0) is 19.4 Å². The fraction of sp³-hybridized carbons (Fsp3) is 0.538. The molecule has 5 nitrogen and oxygen atoms in total. The molecule has 0 aromatic carbocycles. The standard InChI is InChI=1S/C13H19F3N4O/c1-3-8(2)20-12(21)4-5-18-10-6-11(13(14,15)16)19-7-9(10)17/h6-8H,3-5,17H2,1-2H3,(H,18,19)(H,20,21). The largest absolute Gasteiger partial charge is 0.433 e. The van der Waals surface area contributed by atoms with Crippen LogP contribution in [0.3, 0.4) is 0 Å². The Morgan fingerprint density at radius 1 is 1.48 bits per heavy atom. The minimum atomic E-state index is -4.53. The Morgan fingerprint density at radius 3 is 2.71 bits per heavy atom. The molecule has 0 saturated carbocycles. The molecular formula is C13H19F3N4O. The molecule has 8 heteroatoms. The van der Waals surface area contributed by atoms with E-state index in [0.29, 0.717) is 0 Å². The van der Waals surface area contributed by atoms with E-state index in [4.69, 9.17) is 5.73 Å². The molecule has 0 radical (unpaired) electrons. The SMILES string of the molecule is CCC(C)NC(=O)CCNc1cc(C(F)(F)F)ncc1N. The average molecular weight is 304 g/mol. The van der Waals surface area contributed by atoms with Crippen molar-refractivity contribution in [3.05, 3.63) is 18.0 Å². The summed E-state index contributed by atoms with van der Waals surface area (Å²) < 4.78 is 37.6. The van der Waals surface area contributed by atoms with Crippen LogP contribution in [0.25, 0.3) is 0 Å². The summed E-state index contributed by atoms with van der Waals surface area (Å²) in [7, 11) is 0. The summed E-state index contributed by atoms with van der Waals surface area (Å²) in [4.78, 5) is 14.8. The van der Waals surface area contributed by atoms with Gasteiger partial charge in [0, 0.05) is 19.0 Å². The number of amides is 1. The number of nitrogens with one attached hydrogen (secondary N) is 2. The van der Waals surface area contributed by atoms with Crippen LogP contribution in [0.2, 0.25) is 0 Å². The quantitative estimate of drug-likeness (QED) is 0.754. The van der Waals surface area contributed by atoms with E-state index in [1.165, 1.54) is 0 Å². The Morgan fingerprint density at radius 2 is 2.14 bits per heavy atom. The van der Waals surface area contributed by atoms with Crippen LogP contribution >= 0.6 is 0 Å². The third-order valence-electron chi connectivity index (χ3n) is 2.91. The van der Waals surface area contributed by atoms with Gasteiger partial charge in [-0.1, -0.05) is 6.92 Å². The molecule has 0 spiro atoms. The Labute approximate surface area is 121 Å². The molecule has 1 amide bonds. The number of pyridine rings is 1. The van der Waals surface area contributed by atoms with E-state index < -0.39 is 11.9 Å². The van der Waals surface area contributed by atoms with Gasteiger partial charge in [0.2, 0.25) is 5.91 Å². The van der Waals surface area contributed by atoms with Crippen LogP contribution in [0.1, 0.15) is 32.4 Å². The van der Waals surface area contributed by atoms with E-state index in [-0.39, 0.29) is 36.3 Å². The van der Waals surface area contributed by atoms with Crippen molar-refractivity contribution in [2.24, 2.45) is 0 Å². The number of alkyl halides is 3. The van der Waals surface area contributed by atoms with E-state index in [9.17, 15) is 18.0 Å². The topological polar surface area (TPSA) is 80.0 Å². The summed E-state index contributed by atoms with van der Waals surface area (Å²) in [6, 6.07) is 0.905. The molecular weight excluding hydrogens is 285 g/mol.